The Morgan fingerprint density at radius 2 is 1.86 bits per heavy atom. The third-order valence-corrected chi connectivity index (χ3v) is 6.28. The second-order valence-electron chi connectivity index (χ2n) is 9.10. The molecule has 8 heteroatoms. The Balaban J connectivity index is 1.81. The van der Waals surface area contributed by atoms with Crippen molar-refractivity contribution in [2.45, 2.75) is 39.9 Å². The molecule has 1 saturated heterocycles. The molecule has 0 bridgehead atoms. The number of piperazine rings is 1. The molecule has 196 valence electrons. The number of benzene rings is 2. The number of allylic oxidation sites excluding steroid dienone is 1. The van der Waals surface area contributed by atoms with E-state index in [9.17, 15) is 18.0 Å². The van der Waals surface area contributed by atoms with Gasteiger partial charge in [-0.1, -0.05) is 30.9 Å². The van der Waals surface area contributed by atoms with Crippen molar-refractivity contribution < 1.29 is 18.0 Å². The van der Waals surface area contributed by atoms with E-state index in [1.807, 2.05) is 32.7 Å². The number of carbonyl (C=O) groups excluding carboxylic acids is 1. The highest BCUT2D eigenvalue weighted by Gasteiger charge is 2.34. The molecule has 1 aliphatic rings. The number of hydrogen-bond acceptors (Lipinski definition) is 4. The van der Waals surface area contributed by atoms with Crippen molar-refractivity contribution in [2.24, 2.45) is 4.99 Å². The molecular formula is C29H33F3N4O. The Labute approximate surface area is 217 Å². The quantitative estimate of drug-likeness (QED) is 0.398. The fraction of sp³-hybridized carbons (Fsp3) is 0.379. The number of nitrogens with one attached hydrogen (secondary N) is 1. The number of halogens is 3. The normalized spacial score (nSPS) is 15.5. The highest BCUT2D eigenvalue weighted by Crippen LogP contribution is 2.34. The highest BCUT2D eigenvalue weighted by molar-refractivity contribution is 6.04. The molecule has 0 atom stereocenters. The van der Waals surface area contributed by atoms with Gasteiger partial charge in [-0.3, -0.25) is 14.7 Å². The Hall–Kier alpha value is -3.41. The summed E-state index contributed by atoms with van der Waals surface area (Å²) >= 11 is 0. The summed E-state index contributed by atoms with van der Waals surface area (Å²) < 4.78 is 41.7. The van der Waals surface area contributed by atoms with Crippen molar-refractivity contribution in [1.29, 1.82) is 0 Å². The summed E-state index contributed by atoms with van der Waals surface area (Å²) in [6, 6.07) is 9.07. The number of aryl methyl sites for hydroxylation is 1. The van der Waals surface area contributed by atoms with Crippen molar-refractivity contribution in [3.05, 3.63) is 76.0 Å². The molecule has 1 fully saturated rings. The minimum Gasteiger partial charge on any atom is -0.322 e. The molecule has 0 spiro atoms. The van der Waals surface area contributed by atoms with Gasteiger partial charge in [0.2, 0.25) is 0 Å². The van der Waals surface area contributed by atoms with Gasteiger partial charge in [-0.2, -0.15) is 13.2 Å². The monoisotopic (exact) mass is 510 g/mol. The van der Waals surface area contributed by atoms with Gasteiger partial charge in [0, 0.05) is 67.5 Å². The fourth-order valence-corrected chi connectivity index (χ4v) is 3.93. The minimum absolute atomic E-state index is 0.0984. The standard InChI is InChI=1S/C29H33F3N4O/c1-5-22(19-33-6-2)8-10-23-17-24(9-7-21(23)3)28(37)34-26-12-11-25(27(18-26)29(30,31)32)20-36-15-13-35(4)14-16-36/h6-7,9,11-12,17-19H,5,13-16,20H2,1-4H3,(H,34,37)/b22-19+,33-6?. The smallest absolute Gasteiger partial charge is 0.322 e. The summed E-state index contributed by atoms with van der Waals surface area (Å²) in [7, 11) is 2.00. The fourth-order valence-electron chi connectivity index (χ4n) is 3.93. The Morgan fingerprint density at radius 1 is 1.14 bits per heavy atom. The molecule has 0 aliphatic carbocycles. The molecule has 1 N–H and O–H groups in total. The van der Waals surface area contributed by atoms with Crippen LogP contribution in [0.4, 0.5) is 18.9 Å². The summed E-state index contributed by atoms with van der Waals surface area (Å²) in [5, 5.41) is 2.62. The number of amides is 1. The molecule has 3 rings (SSSR count). The van der Waals surface area contributed by atoms with Gasteiger partial charge in [-0.05, 0) is 62.7 Å². The van der Waals surface area contributed by atoms with E-state index in [4.69, 9.17) is 0 Å². The first-order valence-electron chi connectivity index (χ1n) is 12.3. The Morgan fingerprint density at radius 3 is 2.51 bits per heavy atom. The zero-order valence-corrected chi connectivity index (χ0v) is 21.7. The average Bonchev–Trinajstić information content (AvgIpc) is 2.86. The lowest BCUT2D eigenvalue weighted by Crippen LogP contribution is -2.44. The predicted molar refractivity (Wildman–Crippen MR) is 143 cm³/mol. The topological polar surface area (TPSA) is 47.9 Å². The van der Waals surface area contributed by atoms with E-state index in [2.05, 4.69) is 27.0 Å². The van der Waals surface area contributed by atoms with Crippen LogP contribution in [0.2, 0.25) is 0 Å². The zero-order valence-electron chi connectivity index (χ0n) is 21.7. The number of nitrogens with zero attached hydrogens (tertiary/aromatic N) is 3. The SMILES string of the molecule is CC=N/C=C(/C#Cc1cc(C(=O)Nc2ccc(CN3CCN(C)CC3)c(C(F)(F)F)c2)ccc1C)CC. The van der Waals surface area contributed by atoms with Crippen LogP contribution in [0.3, 0.4) is 0 Å². The van der Waals surface area contributed by atoms with Crippen molar-refractivity contribution in [2.75, 3.05) is 38.5 Å². The van der Waals surface area contributed by atoms with Crippen LogP contribution >= 0.6 is 0 Å². The Bertz CT molecular complexity index is 1230. The van der Waals surface area contributed by atoms with Crippen LogP contribution in [0.15, 0.2) is 53.2 Å². The van der Waals surface area contributed by atoms with Gasteiger partial charge in [0.25, 0.3) is 5.91 Å². The molecule has 1 amide bonds. The first-order valence-corrected chi connectivity index (χ1v) is 12.3. The van der Waals surface area contributed by atoms with Crippen molar-refractivity contribution in [3.8, 4) is 11.8 Å². The van der Waals surface area contributed by atoms with Crippen LogP contribution in [0.25, 0.3) is 0 Å². The minimum atomic E-state index is -4.53. The summed E-state index contributed by atoms with van der Waals surface area (Å²) in [5.41, 5.74) is 2.31. The highest BCUT2D eigenvalue weighted by atomic mass is 19.4. The van der Waals surface area contributed by atoms with Crippen LogP contribution in [-0.4, -0.2) is 55.1 Å². The van der Waals surface area contributed by atoms with Crippen molar-refractivity contribution >= 4 is 17.8 Å². The number of anilines is 1. The van der Waals surface area contributed by atoms with Gasteiger partial charge in [0.15, 0.2) is 0 Å². The molecule has 0 aromatic heterocycles. The lowest BCUT2D eigenvalue weighted by Gasteiger charge is -2.33. The van der Waals surface area contributed by atoms with E-state index >= 15 is 0 Å². The summed E-state index contributed by atoms with van der Waals surface area (Å²) in [6.07, 6.45) is -0.432. The number of aliphatic imine (C=N–C) groups is 1. The van der Waals surface area contributed by atoms with E-state index in [-0.39, 0.29) is 17.8 Å². The summed E-state index contributed by atoms with van der Waals surface area (Å²) in [6.45, 7) is 8.98. The van der Waals surface area contributed by atoms with Crippen LogP contribution in [-0.2, 0) is 12.7 Å². The first kappa shape index (κ1) is 28.2. The third kappa shape index (κ3) is 8.04. The van der Waals surface area contributed by atoms with E-state index in [1.54, 1.807) is 30.6 Å². The average molecular weight is 511 g/mol. The molecule has 1 aliphatic heterocycles. The molecular weight excluding hydrogens is 477 g/mol. The largest absolute Gasteiger partial charge is 0.416 e. The van der Waals surface area contributed by atoms with Gasteiger partial charge in [-0.25, -0.2) is 0 Å². The number of alkyl halides is 3. The van der Waals surface area contributed by atoms with Crippen LogP contribution in [0.1, 0.15) is 52.9 Å². The molecule has 37 heavy (non-hydrogen) atoms. The molecule has 2 aromatic carbocycles. The van der Waals surface area contributed by atoms with Crippen LogP contribution < -0.4 is 5.32 Å². The third-order valence-electron chi connectivity index (χ3n) is 6.28. The maximum atomic E-state index is 13.9. The second kappa shape index (κ2) is 12.7. The Kier molecular flexibility index (Phi) is 9.67. The maximum Gasteiger partial charge on any atom is 0.416 e. The van der Waals surface area contributed by atoms with E-state index < -0.39 is 17.6 Å². The summed E-state index contributed by atoms with van der Waals surface area (Å²) in [4.78, 5) is 21.2. The van der Waals surface area contributed by atoms with E-state index in [0.717, 1.165) is 36.7 Å². The van der Waals surface area contributed by atoms with Crippen LogP contribution in [0.5, 0.6) is 0 Å². The molecule has 2 aromatic rings. The molecule has 1 heterocycles. The lowest BCUT2D eigenvalue weighted by atomic mass is 10.0. The van der Waals surface area contributed by atoms with Gasteiger partial charge in [0.1, 0.15) is 0 Å². The molecule has 0 saturated carbocycles. The molecule has 0 radical (unpaired) electrons. The molecule has 0 unspecified atom stereocenters. The number of hydrogen-bond donors (Lipinski definition) is 1. The number of likely N-dealkylation sites (N-methyl/N-ethyl adjacent to an activating group) is 1. The van der Waals surface area contributed by atoms with Crippen molar-refractivity contribution in [1.82, 2.24) is 9.80 Å². The summed E-state index contributed by atoms with van der Waals surface area (Å²) in [5.74, 6) is 5.66. The number of rotatable bonds is 6. The van der Waals surface area contributed by atoms with Gasteiger partial charge in [-0.15, -0.1) is 0 Å². The molecule has 5 nitrogen and oxygen atoms in total. The van der Waals surface area contributed by atoms with E-state index in [0.29, 0.717) is 24.2 Å². The van der Waals surface area contributed by atoms with Crippen LogP contribution in [0, 0.1) is 18.8 Å². The van der Waals surface area contributed by atoms with Gasteiger partial charge in [0.05, 0.1) is 5.56 Å². The predicted octanol–water partition coefficient (Wildman–Crippen LogP) is 5.75. The zero-order chi connectivity index (χ0) is 27.0. The second-order valence-corrected chi connectivity index (χ2v) is 9.10. The van der Waals surface area contributed by atoms with Crippen molar-refractivity contribution in [3.63, 3.8) is 0 Å². The first-order chi connectivity index (χ1) is 17.6. The lowest BCUT2D eigenvalue weighted by molar-refractivity contribution is -0.138. The maximum absolute atomic E-state index is 13.9. The number of carbonyl (C=O) groups is 1. The van der Waals surface area contributed by atoms with E-state index in [1.165, 1.54) is 12.1 Å². The van der Waals surface area contributed by atoms with Gasteiger partial charge < -0.3 is 10.2 Å². The van der Waals surface area contributed by atoms with Gasteiger partial charge >= 0.3 is 6.18 Å².